The van der Waals surface area contributed by atoms with Crippen molar-refractivity contribution in [3.05, 3.63) is 56.7 Å². The van der Waals surface area contributed by atoms with Gasteiger partial charge in [-0.05, 0) is 43.2 Å². The number of hydrogen-bond acceptors (Lipinski definition) is 4. The molecule has 0 saturated carbocycles. The number of pyridine rings is 1. The molecule has 2 N–H and O–H groups in total. The molecule has 28 heavy (non-hydrogen) atoms. The smallest absolute Gasteiger partial charge is 0.376 e. The van der Waals surface area contributed by atoms with Crippen LogP contribution in [0.3, 0.4) is 0 Å². The van der Waals surface area contributed by atoms with Crippen LogP contribution in [0.4, 0.5) is 0 Å². The second kappa shape index (κ2) is 7.61. The fourth-order valence-corrected chi connectivity index (χ4v) is 4.74. The summed E-state index contributed by atoms with van der Waals surface area (Å²) in [5, 5.41) is 4.31. The fourth-order valence-electron chi connectivity index (χ4n) is 3.78. The van der Waals surface area contributed by atoms with E-state index < -0.39 is 0 Å². The Morgan fingerprint density at radius 3 is 2.89 bits per heavy atom. The molecule has 4 aromatic rings. The van der Waals surface area contributed by atoms with Gasteiger partial charge in [-0.2, -0.15) is 0 Å². The van der Waals surface area contributed by atoms with Gasteiger partial charge in [0.15, 0.2) is 0 Å². The van der Waals surface area contributed by atoms with Crippen LogP contribution in [-0.4, -0.2) is 27.1 Å². The van der Waals surface area contributed by atoms with Gasteiger partial charge in [-0.25, -0.2) is 14.9 Å². The molecule has 1 saturated heterocycles. The van der Waals surface area contributed by atoms with Gasteiger partial charge >= 0.3 is 40.2 Å². The quantitative estimate of drug-likeness (QED) is 0.443. The molecule has 4 heterocycles. The van der Waals surface area contributed by atoms with Gasteiger partial charge in [-0.15, -0.1) is 0 Å². The van der Waals surface area contributed by atoms with Gasteiger partial charge in [0.25, 0.3) is 5.56 Å². The van der Waals surface area contributed by atoms with E-state index in [0.29, 0.717) is 28.3 Å². The SMILES string of the molecule is Cc1c2c(=O)n(-c3[nH+]c4ccccc4s3)[nH]c2cc(=O)n1CC1CCCO1.[Na+]. The van der Waals surface area contributed by atoms with Crippen molar-refractivity contribution in [2.45, 2.75) is 32.4 Å². The summed E-state index contributed by atoms with van der Waals surface area (Å²) in [4.78, 5) is 29.0. The first-order chi connectivity index (χ1) is 13.1. The number of benzene rings is 1. The first-order valence-corrected chi connectivity index (χ1v) is 9.81. The van der Waals surface area contributed by atoms with Gasteiger partial charge < -0.3 is 9.30 Å². The third kappa shape index (κ3) is 3.19. The third-order valence-corrected chi connectivity index (χ3v) is 6.22. The number of nitrogens with one attached hydrogen (secondary N) is 2. The number of ether oxygens (including phenoxy) is 1. The van der Waals surface area contributed by atoms with Crippen LogP contribution >= 0.6 is 11.3 Å². The minimum absolute atomic E-state index is 0. The van der Waals surface area contributed by atoms with Crippen LogP contribution in [0.1, 0.15) is 18.5 Å². The normalized spacial score (nSPS) is 16.7. The molecule has 7 nitrogen and oxygen atoms in total. The Kier molecular flexibility index (Phi) is 5.32. The van der Waals surface area contributed by atoms with Crippen LogP contribution < -0.4 is 45.7 Å². The maximum Gasteiger partial charge on any atom is 1.00 e. The standard InChI is InChI=1S/C19H18N4O3S.Na/c1-11-17-14(9-16(24)22(11)10-12-5-4-8-26-12)21-23(18(17)25)19-20-13-6-2-3-7-15(13)27-19;/h2-3,6-7,9,12,21H,4-5,8,10H2,1H3;/q;+1/p+1. The average molecular weight is 406 g/mol. The van der Waals surface area contributed by atoms with Gasteiger partial charge in [-0.1, -0.05) is 16.8 Å². The molecule has 1 atom stereocenters. The van der Waals surface area contributed by atoms with Gasteiger partial charge in [-0.3, -0.25) is 4.79 Å². The van der Waals surface area contributed by atoms with Crippen molar-refractivity contribution in [2.75, 3.05) is 6.61 Å². The van der Waals surface area contributed by atoms with Crippen LogP contribution in [0.15, 0.2) is 39.9 Å². The van der Waals surface area contributed by atoms with Gasteiger partial charge in [0, 0.05) is 18.4 Å². The minimum Gasteiger partial charge on any atom is -0.376 e. The molecular weight excluding hydrogens is 387 g/mol. The summed E-state index contributed by atoms with van der Waals surface area (Å²) < 4.78 is 9.87. The second-order valence-corrected chi connectivity index (χ2v) is 7.91. The Bertz CT molecular complexity index is 1250. The molecule has 1 aliphatic rings. The molecule has 1 aliphatic heterocycles. The summed E-state index contributed by atoms with van der Waals surface area (Å²) in [7, 11) is 0. The van der Waals surface area contributed by atoms with Crippen molar-refractivity contribution < 1.29 is 39.3 Å². The van der Waals surface area contributed by atoms with Gasteiger partial charge in [0.05, 0.1) is 22.9 Å². The maximum atomic E-state index is 13.1. The summed E-state index contributed by atoms with van der Waals surface area (Å²) >= 11 is 1.49. The summed E-state index contributed by atoms with van der Waals surface area (Å²) in [6.45, 7) is 3.05. The predicted octanol–water partition coefficient (Wildman–Crippen LogP) is -0.999. The summed E-state index contributed by atoms with van der Waals surface area (Å²) in [6.07, 6.45) is 1.99. The number of aromatic amines is 2. The maximum absolute atomic E-state index is 13.1. The Labute approximate surface area is 186 Å². The molecule has 0 bridgehead atoms. The van der Waals surface area contributed by atoms with E-state index in [0.717, 1.165) is 29.7 Å². The number of aromatic nitrogens is 4. The second-order valence-electron chi connectivity index (χ2n) is 6.88. The Balaban J connectivity index is 0.00000192. The molecule has 0 spiro atoms. The molecule has 1 aromatic carbocycles. The van der Waals surface area contributed by atoms with Crippen LogP contribution in [-0.2, 0) is 11.3 Å². The molecule has 3 aromatic heterocycles. The van der Waals surface area contributed by atoms with Crippen LogP contribution in [0.2, 0.25) is 0 Å². The summed E-state index contributed by atoms with van der Waals surface area (Å²) in [5.74, 6) is 0. The first-order valence-electron chi connectivity index (χ1n) is 9.00. The Morgan fingerprint density at radius 2 is 2.14 bits per heavy atom. The number of nitrogens with zero attached hydrogens (tertiary/aromatic N) is 2. The van der Waals surface area contributed by atoms with Crippen molar-refractivity contribution in [1.29, 1.82) is 0 Å². The van der Waals surface area contributed by atoms with Crippen molar-refractivity contribution >= 4 is 32.5 Å². The number of H-pyrrole nitrogens is 2. The van der Waals surface area contributed by atoms with Gasteiger partial charge in [0.2, 0.25) is 0 Å². The Morgan fingerprint density at radius 1 is 1.32 bits per heavy atom. The minimum atomic E-state index is -0.161. The summed E-state index contributed by atoms with van der Waals surface area (Å²) in [6, 6.07) is 9.39. The Hall–Kier alpha value is -1.71. The molecule has 9 heteroatoms. The van der Waals surface area contributed by atoms with E-state index in [9.17, 15) is 9.59 Å². The number of fused-ring (bicyclic) bond motifs is 2. The van der Waals surface area contributed by atoms with E-state index in [1.807, 2.05) is 31.2 Å². The summed E-state index contributed by atoms with van der Waals surface area (Å²) in [5.41, 5.74) is 1.92. The fraction of sp³-hybridized carbons (Fsp3) is 0.316. The zero-order valence-corrected chi connectivity index (χ0v) is 18.6. The van der Waals surface area contributed by atoms with E-state index in [1.165, 1.54) is 22.1 Å². The monoisotopic (exact) mass is 406 g/mol. The molecule has 1 unspecified atom stereocenters. The van der Waals surface area contributed by atoms with E-state index in [2.05, 4.69) is 10.1 Å². The van der Waals surface area contributed by atoms with E-state index >= 15 is 0 Å². The largest absolute Gasteiger partial charge is 1.00 e. The van der Waals surface area contributed by atoms with Gasteiger partial charge in [0.1, 0.15) is 10.9 Å². The van der Waals surface area contributed by atoms with Crippen molar-refractivity contribution in [2.24, 2.45) is 0 Å². The number of aryl methyl sites for hydroxylation is 1. The number of hydrogen-bond donors (Lipinski definition) is 1. The molecule has 0 radical (unpaired) electrons. The van der Waals surface area contributed by atoms with E-state index in [4.69, 9.17) is 4.74 Å². The van der Waals surface area contributed by atoms with Crippen LogP contribution in [0, 0.1) is 6.92 Å². The molecule has 1 fully saturated rings. The molecular formula is C19H19N4NaO3S+2. The van der Waals surface area contributed by atoms with Crippen molar-refractivity contribution in [3.63, 3.8) is 0 Å². The molecule has 0 aliphatic carbocycles. The first kappa shape index (κ1) is 19.6. The van der Waals surface area contributed by atoms with E-state index in [1.54, 1.807) is 4.57 Å². The third-order valence-electron chi connectivity index (χ3n) is 5.17. The average Bonchev–Trinajstić information content (AvgIpc) is 3.37. The number of thiazole rings is 1. The van der Waals surface area contributed by atoms with E-state index in [-0.39, 0.29) is 46.8 Å². The molecule has 138 valence electrons. The zero-order chi connectivity index (χ0) is 18.5. The molecule has 0 amide bonds. The molecule has 5 rings (SSSR count). The van der Waals surface area contributed by atoms with Crippen LogP contribution in [0.25, 0.3) is 26.3 Å². The number of rotatable bonds is 3. The van der Waals surface area contributed by atoms with Crippen molar-refractivity contribution in [1.82, 2.24) is 14.3 Å². The number of para-hydroxylation sites is 1. The van der Waals surface area contributed by atoms with Crippen molar-refractivity contribution in [3.8, 4) is 5.13 Å². The topological polar surface area (TPSA) is 83.2 Å². The zero-order valence-electron chi connectivity index (χ0n) is 15.8. The van der Waals surface area contributed by atoms with Crippen LogP contribution in [0.5, 0.6) is 0 Å². The predicted molar refractivity (Wildman–Crippen MR) is 104 cm³/mol.